The Balaban J connectivity index is 2.22. The molecule has 1 aliphatic rings. The smallest absolute Gasteiger partial charge is 0.113 e. The van der Waals surface area contributed by atoms with Crippen LogP contribution in [0, 0.1) is 6.92 Å². The fourth-order valence-electron chi connectivity index (χ4n) is 3.11. The van der Waals surface area contributed by atoms with Crippen molar-refractivity contribution in [3.8, 4) is 0 Å². The van der Waals surface area contributed by atoms with E-state index in [1.54, 1.807) is 0 Å². The van der Waals surface area contributed by atoms with Crippen molar-refractivity contribution in [3.63, 3.8) is 0 Å². The Hall–Kier alpha value is -0.450. The molecule has 1 saturated carbocycles. The summed E-state index contributed by atoms with van der Waals surface area (Å²) >= 11 is 1.89. The van der Waals surface area contributed by atoms with Crippen LogP contribution in [-0.4, -0.2) is 24.7 Å². The van der Waals surface area contributed by atoms with Crippen molar-refractivity contribution in [2.45, 2.75) is 70.9 Å². The van der Waals surface area contributed by atoms with E-state index in [0.29, 0.717) is 6.10 Å². The zero-order valence-corrected chi connectivity index (χ0v) is 14.1. The number of thiazole rings is 1. The first-order valence-electron chi connectivity index (χ1n) is 7.89. The average molecular weight is 296 g/mol. The van der Waals surface area contributed by atoms with Gasteiger partial charge in [-0.1, -0.05) is 13.8 Å². The van der Waals surface area contributed by atoms with Gasteiger partial charge in [0.15, 0.2) is 0 Å². The summed E-state index contributed by atoms with van der Waals surface area (Å²) in [6.07, 6.45) is 7.18. The zero-order valence-electron chi connectivity index (χ0n) is 13.3. The Labute approximate surface area is 127 Å². The third kappa shape index (κ3) is 3.23. The fraction of sp³-hybridized carbons (Fsp3) is 0.812. The van der Waals surface area contributed by atoms with Gasteiger partial charge >= 0.3 is 0 Å². The van der Waals surface area contributed by atoms with Crippen LogP contribution in [0.4, 0.5) is 0 Å². The van der Waals surface area contributed by atoms with Gasteiger partial charge in [0.2, 0.25) is 0 Å². The van der Waals surface area contributed by atoms with E-state index in [1.807, 2.05) is 18.4 Å². The van der Waals surface area contributed by atoms with Crippen molar-refractivity contribution < 1.29 is 4.74 Å². The Bertz CT molecular complexity index is 422. The molecule has 2 rings (SSSR count). The van der Waals surface area contributed by atoms with Crippen LogP contribution < -0.4 is 5.32 Å². The topological polar surface area (TPSA) is 34.2 Å². The molecule has 0 aromatic carbocycles. The van der Waals surface area contributed by atoms with Crippen molar-refractivity contribution in [2.75, 3.05) is 13.7 Å². The van der Waals surface area contributed by atoms with E-state index in [0.717, 1.165) is 38.6 Å². The summed E-state index contributed by atoms with van der Waals surface area (Å²) in [6, 6.07) is 0. The van der Waals surface area contributed by atoms with Crippen LogP contribution in [-0.2, 0) is 16.7 Å². The van der Waals surface area contributed by atoms with E-state index in [2.05, 4.69) is 26.1 Å². The first-order chi connectivity index (χ1) is 9.65. The van der Waals surface area contributed by atoms with Crippen LogP contribution >= 0.6 is 11.3 Å². The summed E-state index contributed by atoms with van der Waals surface area (Å²) in [6.45, 7) is 7.69. The maximum atomic E-state index is 5.53. The first-order valence-corrected chi connectivity index (χ1v) is 8.71. The van der Waals surface area contributed by atoms with E-state index >= 15 is 0 Å². The second kappa shape index (κ2) is 7.01. The minimum absolute atomic E-state index is 0.0912. The van der Waals surface area contributed by atoms with Gasteiger partial charge in [-0.2, -0.15) is 0 Å². The van der Waals surface area contributed by atoms with Crippen LogP contribution in [0.3, 0.4) is 0 Å². The molecule has 0 radical (unpaired) electrons. The minimum atomic E-state index is 0.0912. The molecule has 1 N–H and O–H groups in total. The number of hydrogen-bond acceptors (Lipinski definition) is 4. The van der Waals surface area contributed by atoms with Crippen LogP contribution in [0.25, 0.3) is 0 Å². The molecule has 1 aromatic rings. The van der Waals surface area contributed by atoms with Crippen molar-refractivity contribution in [1.82, 2.24) is 10.3 Å². The molecular formula is C16H28N2OS. The second-order valence-corrected chi connectivity index (χ2v) is 7.02. The lowest BCUT2D eigenvalue weighted by Gasteiger charge is -2.39. The lowest BCUT2D eigenvalue weighted by atomic mass is 9.80. The van der Waals surface area contributed by atoms with Gasteiger partial charge in [0, 0.05) is 12.0 Å². The van der Waals surface area contributed by atoms with Gasteiger partial charge in [-0.05, 0) is 52.0 Å². The Kier molecular flexibility index (Phi) is 5.58. The number of nitrogens with one attached hydrogen (secondary N) is 1. The molecule has 3 nitrogen and oxygen atoms in total. The Morgan fingerprint density at radius 1 is 1.35 bits per heavy atom. The van der Waals surface area contributed by atoms with Gasteiger partial charge in [-0.3, -0.25) is 0 Å². The second-order valence-electron chi connectivity index (χ2n) is 5.82. The Morgan fingerprint density at radius 2 is 2.05 bits per heavy atom. The molecule has 1 fully saturated rings. The zero-order chi connectivity index (χ0) is 14.6. The molecular weight excluding hydrogens is 268 g/mol. The van der Waals surface area contributed by atoms with Crippen molar-refractivity contribution >= 4 is 11.3 Å². The molecule has 0 bridgehead atoms. The highest BCUT2D eigenvalue weighted by Crippen LogP contribution is 2.40. The molecule has 20 heavy (non-hydrogen) atoms. The van der Waals surface area contributed by atoms with E-state index in [1.165, 1.54) is 22.0 Å². The van der Waals surface area contributed by atoms with Crippen LogP contribution in [0.15, 0.2) is 0 Å². The molecule has 114 valence electrons. The summed E-state index contributed by atoms with van der Waals surface area (Å²) in [5, 5.41) is 5.10. The molecule has 4 heteroatoms. The van der Waals surface area contributed by atoms with E-state index < -0.39 is 0 Å². The SMILES string of the molecule is CCCNC1(c2nc(CC)c(C)s2)CCC(OC)CC1. The van der Waals surface area contributed by atoms with Crippen LogP contribution in [0.1, 0.15) is 61.5 Å². The van der Waals surface area contributed by atoms with Gasteiger partial charge in [0.1, 0.15) is 5.01 Å². The van der Waals surface area contributed by atoms with E-state index in [9.17, 15) is 0 Å². The summed E-state index contributed by atoms with van der Waals surface area (Å²) < 4.78 is 5.53. The normalized spacial score (nSPS) is 26.9. The molecule has 0 amide bonds. The quantitative estimate of drug-likeness (QED) is 0.867. The number of aromatic nitrogens is 1. The monoisotopic (exact) mass is 296 g/mol. The maximum Gasteiger partial charge on any atom is 0.113 e. The van der Waals surface area contributed by atoms with E-state index in [4.69, 9.17) is 9.72 Å². The number of aryl methyl sites for hydroxylation is 2. The average Bonchev–Trinajstić information content (AvgIpc) is 2.87. The number of methoxy groups -OCH3 is 1. The molecule has 0 atom stereocenters. The largest absolute Gasteiger partial charge is 0.381 e. The predicted molar refractivity (Wildman–Crippen MR) is 85.5 cm³/mol. The van der Waals surface area contributed by atoms with Gasteiger partial charge in [0.25, 0.3) is 0 Å². The number of hydrogen-bond donors (Lipinski definition) is 1. The summed E-state index contributed by atoms with van der Waals surface area (Å²) in [4.78, 5) is 6.33. The predicted octanol–water partition coefficient (Wildman–Crippen LogP) is 3.80. The van der Waals surface area contributed by atoms with Crippen LogP contribution in [0.5, 0.6) is 0 Å². The van der Waals surface area contributed by atoms with Gasteiger partial charge in [0.05, 0.1) is 17.3 Å². The molecule has 1 aliphatic carbocycles. The summed E-state index contributed by atoms with van der Waals surface area (Å²) in [5.41, 5.74) is 1.37. The molecule has 1 aromatic heterocycles. The molecule has 0 aliphatic heterocycles. The minimum Gasteiger partial charge on any atom is -0.381 e. The number of ether oxygens (including phenoxy) is 1. The molecule has 1 heterocycles. The fourth-order valence-corrected chi connectivity index (χ4v) is 4.34. The third-order valence-electron chi connectivity index (χ3n) is 4.47. The summed E-state index contributed by atoms with van der Waals surface area (Å²) in [5.74, 6) is 0. The highest BCUT2D eigenvalue weighted by atomic mass is 32.1. The van der Waals surface area contributed by atoms with Crippen LogP contribution in [0.2, 0.25) is 0 Å². The van der Waals surface area contributed by atoms with Crippen molar-refractivity contribution in [1.29, 1.82) is 0 Å². The maximum absolute atomic E-state index is 5.53. The van der Waals surface area contributed by atoms with Crippen molar-refractivity contribution in [2.24, 2.45) is 0 Å². The first kappa shape index (κ1) is 15.9. The van der Waals surface area contributed by atoms with Gasteiger partial charge in [-0.15, -0.1) is 11.3 Å². The standard InChI is InChI=1S/C16H28N2OS/c1-5-11-17-16(9-7-13(19-4)8-10-16)15-18-14(6-2)12(3)20-15/h13,17H,5-11H2,1-4H3. The lowest BCUT2D eigenvalue weighted by Crippen LogP contribution is -2.46. The third-order valence-corrected chi connectivity index (χ3v) is 5.69. The van der Waals surface area contributed by atoms with Gasteiger partial charge < -0.3 is 10.1 Å². The lowest BCUT2D eigenvalue weighted by molar-refractivity contribution is 0.0403. The number of nitrogens with zero attached hydrogens (tertiary/aromatic N) is 1. The highest BCUT2D eigenvalue weighted by molar-refractivity contribution is 7.11. The van der Waals surface area contributed by atoms with E-state index in [-0.39, 0.29) is 5.54 Å². The molecule has 0 spiro atoms. The molecule has 0 unspecified atom stereocenters. The van der Waals surface area contributed by atoms with Gasteiger partial charge in [-0.25, -0.2) is 4.98 Å². The summed E-state index contributed by atoms with van der Waals surface area (Å²) in [7, 11) is 1.83. The number of rotatable bonds is 6. The van der Waals surface area contributed by atoms with Crippen molar-refractivity contribution in [3.05, 3.63) is 15.6 Å². The molecule has 0 saturated heterocycles. The Morgan fingerprint density at radius 3 is 2.55 bits per heavy atom. The highest BCUT2D eigenvalue weighted by Gasteiger charge is 2.39.